The summed E-state index contributed by atoms with van der Waals surface area (Å²) in [5.41, 5.74) is 2.45. The molecule has 0 saturated carbocycles. The number of halogens is 1. The standard InChI is InChI=1S/C11H11IOS/c1-2-7-5-10(12)9(6-13)8-3-4-14-11(7)8/h3-5,13H,2,6H2,1H3. The van der Waals surface area contributed by atoms with Crippen LogP contribution in [0.5, 0.6) is 0 Å². The first kappa shape index (κ1) is 10.4. The number of aryl methyl sites for hydroxylation is 1. The van der Waals surface area contributed by atoms with Crippen molar-refractivity contribution in [2.24, 2.45) is 0 Å². The molecule has 1 N–H and O–H groups in total. The average molecular weight is 318 g/mol. The maximum atomic E-state index is 9.30. The Bertz CT molecular complexity index is 462. The molecule has 14 heavy (non-hydrogen) atoms. The van der Waals surface area contributed by atoms with Crippen LogP contribution in [-0.2, 0) is 13.0 Å². The molecular formula is C11H11IOS. The molecule has 2 rings (SSSR count). The van der Waals surface area contributed by atoms with E-state index in [4.69, 9.17) is 0 Å². The van der Waals surface area contributed by atoms with Crippen LogP contribution in [0.4, 0.5) is 0 Å². The molecule has 0 aliphatic heterocycles. The first-order chi connectivity index (χ1) is 6.77. The fourth-order valence-electron chi connectivity index (χ4n) is 1.65. The van der Waals surface area contributed by atoms with Crippen molar-refractivity contribution >= 4 is 44.0 Å². The van der Waals surface area contributed by atoms with Gasteiger partial charge in [0.25, 0.3) is 0 Å². The van der Waals surface area contributed by atoms with E-state index in [1.165, 1.54) is 19.2 Å². The SMILES string of the molecule is CCc1cc(I)c(CO)c2ccsc12. The molecule has 0 unspecified atom stereocenters. The number of fused-ring (bicyclic) bond motifs is 1. The number of rotatable bonds is 2. The topological polar surface area (TPSA) is 20.2 Å². The molecule has 0 aliphatic carbocycles. The van der Waals surface area contributed by atoms with E-state index in [1.807, 2.05) is 0 Å². The van der Waals surface area contributed by atoms with Gasteiger partial charge in [-0.3, -0.25) is 0 Å². The van der Waals surface area contributed by atoms with Crippen molar-refractivity contribution in [2.75, 3.05) is 0 Å². The van der Waals surface area contributed by atoms with Crippen molar-refractivity contribution in [3.63, 3.8) is 0 Å². The summed E-state index contributed by atoms with van der Waals surface area (Å²) in [5, 5.41) is 12.6. The third kappa shape index (κ3) is 1.57. The van der Waals surface area contributed by atoms with Gasteiger partial charge in [-0.25, -0.2) is 0 Å². The Hall–Kier alpha value is -0.130. The normalized spacial score (nSPS) is 11.1. The number of aliphatic hydroxyl groups is 1. The van der Waals surface area contributed by atoms with Crippen molar-refractivity contribution in [1.82, 2.24) is 0 Å². The molecule has 0 radical (unpaired) electrons. The zero-order valence-corrected chi connectivity index (χ0v) is 10.9. The summed E-state index contributed by atoms with van der Waals surface area (Å²) in [6.45, 7) is 2.30. The number of hydrogen-bond acceptors (Lipinski definition) is 2. The monoisotopic (exact) mass is 318 g/mol. The zero-order valence-electron chi connectivity index (χ0n) is 7.88. The molecule has 74 valence electrons. The molecule has 0 spiro atoms. The van der Waals surface area contributed by atoms with Crippen LogP contribution >= 0.6 is 33.9 Å². The van der Waals surface area contributed by atoms with Crippen LogP contribution in [0.1, 0.15) is 18.1 Å². The fraction of sp³-hybridized carbons (Fsp3) is 0.273. The molecule has 1 aromatic carbocycles. The smallest absolute Gasteiger partial charge is 0.0698 e. The van der Waals surface area contributed by atoms with Gasteiger partial charge in [-0.1, -0.05) is 6.92 Å². The van der Waals surface area contributed by atoms with Crippen LogP contribution in [0.2, 0.25) is 0 Å². The van der Waals surface area contributed by atoms with E-state index in [0.29, 0.717) is 0 Å². The van der Waals surface area contributed by atoms with Crippen molar-refractivity contribution < 1.29 is 5.11 Å². The molecule has 3 heteroatoms. The Morgan fingerprint density at radius 3 is 2.93 bits per heavy atom. The number of benzene rings is 1. The summed E-state index contributed by atoms with van der Waals surface area (Å²) >= 11 is 4.06. The van der Waals surface area contributed by atoms with E-state index in [9.17, 15) is 5.11 Å². The lowest BCUT2D eigenvalue weighted by molar-refractivity contribution is 0.282. The highest BCUT2D eigenvalue weighted by Gasteiger charge is 2.09. The molecule has 1 aromatic heterocycles. The van der Waals surface area contributed by atoms with Crippen molar-refractivity contribution in [3.8, 4) is 0 Å². The van der Waals surface area contributed by atoms with Crippen LogP contribution in [0.3, 0.4) is 0 Å². The van der Waals surface area contributed by atoms with Gasteiger partial charge in [0.15, 0.2) is 0 Å². The first-order valence-corrected chi connectivity index (χ1v) is 6.52. The second-order valence-corrected chi connectivity index (χ2v) is 5.25. The molecule has 0 saturated heterocycles. The quantitative estimate of drug-likeness (QED) is 0.840. The number of hydrogen-bond donors (Lipinski definition) is 1. The average Bonchev–Trinajstić information content (AvgIpc) is 2.65. The molecule has 1 heterocycles. The fourth-order valence-corrected chi connectivity index (χ4v) is 3.50. The third-order valence-electron chi connectivity index (χ3n) is 2.41. The Morgan fingerprint density at radius 2 is 2.29 bits per heavy atom. The summed E-state index contributed by atoms with van der Waals surface area (Å²) in [6, 6.07) is 4.29. The Kier molecular flexibility index (Phi) is 3.09. The van der Waals surface area contributed by atoms with Crippen LogP contribution < -0.4 is 0 Å². The van der Waals surface area contributed by atoms with Crippen LogP contribution in [0.15, 0.2) is 17.5 Å². The van der Waals surface area contributed by atoms with E-state index in [-0.39, 0.29) is 6.61 Å². The highest BCUT2D eigenvalue weighted by atomic mass is 127. The molecule has 0 aliphatic rings. The number of aliphatic hydroxyl groups excluding tert-OH is 1. The molecule has 0 amide bonds. The highest BCUT2D eigenvalue weighted by Crippen LogP contribution is 2.31. The summed E-state index contributed by atoms with van der Waals surface area (Å²) in [4.78, 5) is 0. The van der Waals surface area contributed by atoms with Gasteiger partial charge >= 0.3 is 0 Å². The third-order valence-corrected chi connectivity index (χ3v) is 4.36. The van der Waals surface area contributed by atoms with E-state index < -0.39 is 0 Å². The summed E-state index contributed by atoms with van der Waals surface area (Å²) in [5.74, 6) is 0. The Morgan fingerprint density at radius 1 is 1.50 bits per heavy atom. The van der Waals surface area contributed by atoms with Gasteiger partial charge in [0.2, 0.25) is 0 Å². The summed E-state index contributed by atoms with van der Waals surface area (Å²) in [7, 11) is 0. The van der Waals surface area contributed by atoms with Gasteiger partial charge in [-0.05, 0) is 63.0 Å². The number of thiophene rings is 1. The molecule has 2 aromatic rings. The second kappa shape index (κ2) is 4.16. The lowest BCUT2D eigenvalue weighted by atomic mass is 10.1. The predicted octanol–water partition coefficient (Wildman–Crippen LogP) is 3.56. The van der Waals surface area contributed by atoms with E-state index >= 15 is 0 Å². The first-order valence-electron chi connectivity index (χ1n) is 4.56. The van der Waals surface area contributed by atoms with Gasteiger partial charge < -0.3 is 5.11 Å². The van der Waals surface area contributed by atoms with Crippen LogP contribution in [0.25, 0.3) is 10.1 Å². The predicted molar refractivity (Wildman–Crippen MR) is 69.8 cm³/mol. The Balaban J connectivity index is 2.81. The van der Waals surface area contributed by atoms with Crippen molar-refractivity contribution in [1.29, 1.82) is 0 Å². The second-order valence-electron chi connectivity index (χ2n) is 3.17. The van der Waals surface area contributed by atoms with E-state index in [0.717, 1.165) is 12.0 Å². The van der Waals surface area contributed by atoms with E-state index in [1.54, 1.807) is 11.3 Å². The minimum Gasteiger partial charge on any atom is -0.392 e. The van der Waals surface area contributed by atoms with Gasteiger partial charge in [0, 0.05) is 8.27 Å². The van der Waals surface area contributed by atoms with Crippen molar-refractivity contribution in [3.05, 3.63) is 32.2 Å². The van der Waals surface area contributed by atoms with Gasteiger partial charge in [0.05, 0.1) is 6.61 Å². The summed E-state index contributed by atoms with van der Waals surface area (Å²) in [6.07, 6.45) is 1.05. The minimum atomic E-state index is 0.134. The maximum absolute atomic E-state index is 9.30. The van der Waals surface area contributed by atoms with Gasteiger partial charge in [-0.2, -0.15) is 0 Å². The Labute approximate surface area is 101 Å². The minimum absolute atomic E-state index is 0.134. The van der Waals surface area contributed by atoms with Gasteiger partial charge in [-0.15, -0.1) is 11.3 Å². The molecular weight excluding hydrogens is 307 g/mol. The zero-order chi connectivity index (χ0) is 10.1. The van der Waals surface area contributed by atoms with Crippen molar-refractivity contribution in [2.45, 2.75) is 20.0 Å². The highest BCUT2D eigenvalue weighted by molar-refractivity contribution is 14.1. The molecule has 1 nitrogen and oxygen atoms in total. The lowest BCUT2D eigenvalue weighted by Gasteiger charge is -2.07. The van der Waals surface area contributed by atoms with E-state index in [2.05, 4.69) is 47.0 Å². The van der Waals surface area contributed by atoms with Crippen LogP contribution in [0, 0.1) is 3.57 Å². The molecule has 0 atom stereocenters. The molecule has 0 bridgehead atoms. The lowest BCUT2D eigenvalue weighted by Crippen LogP contribution is -1.92. The van der Waals surface area contributed by atoms with Gasteiger partial charge in [0.1, 0.15) is 0 Å². The summed E-state index contributed by atoms with van der Waals surface area (Å²) < 4.78 is 2.50. The maximum Gasteiger partial charge on any atom is 0.0698 e. The van der Waals surface area contributed by atoms with Crippen LogP contribution in [-0.4, -0.2) is 5.11 Å². The molecule has 0 fully saturated rings. The largest absolute Gasteiger partial charge is 0.392 e.